The number of aldehydes is 1. The fraction of sp³-hybridized carbons (Fsp3) is 0.429. The third-order valence-corrected chi connectivity index (χ3v) is 5.29. The zero-order valence-corrected chi connectivity index (χ0v) is 20.4. The van der Waals surface area contributed by atoms with Crippen LogP contribution in [0.3, 0.4) is 0 Å². The summed E-state index contributed by atoms with van der Waals surface area (Å²) in [6.45, 7) is 15.5. The predicted molar refractivity (Wildman–Crippen MR) is 133 cm³/mol. The number of hydrogen-bond donors (Lipinski definition) is 0. The highest BCUT2D eigenvalue weighted by Gasteiger charge is 2.29. The Morgan fingerprint density at radius 2 is 1.62 bits per heavy atom. The van der Waals surface area contributed by atoms with Crippen molar-refractivity contribution in [1.29, 1.82) is 0 Å². The van der Waals surface area contributed by atoms with Gasteiger partial charge in [0.1, 0.15) is 12.0 Å². The average Bonchev–Trinajstić information content (AvgIpc) is 2.83. The van der Waals surface area contributed by atoms with Gasteiger partial charge in [0.05, 0.1) is 0 Å². The van der Waals surface area contributed by atoms with Gasteiger partial charge in [-0.2, -0.15) is 0 Å². The molecule has 0 aliphatic carbocycles. The molecule has 0 unspecified atom stereocenters. The van der Waals surface area contributed by atoms with Gasteiger partial charge < -0.3 is 14.4 Å². The minimum Gasteiger partial charge on any atom is -0.427 e. The quantitative estimate of drug-likeness (QED) is 0.363. The molecule has 4 nitrogen and oxygen atoms in total. The molecule has 174 valence electrons. The van der Waals surface area contributed by atoms with Crippen LogP contribution in [0.5, 0.6) is 0 Å². The molecule has 32 heavy (non-hydrogen) atoms. The van der Waals surface area contributed by atoms with Crippen molar-refractivity contribution in [3.05, 3.63) is 82.8 Å². The van der Waals surface area contributed by atoms with Crippen molar-refractivity contribution in [3.63, 3.8) is 0 Å². The number of carbonyl (C=O) groups is 2. The van der Waals surface area contributed by atoms with Crippen LogP contribution in [0.2, 0.25) is 0 Å². The molecule has 0 amide bonds. The Morgan fingerprint density at radius 3 is 2.12 bits per heavy atom. The number of nitrogens with zero attached hydrogens (tertiary/aromatic N) is 1. The molecule has 3 heterocycles. The van der Waals surface area contributed by atoms with Gasteiger partial charge in [-0.3, -0.25) is 0 Å². The monoisotopic (exact) mass is 437 g/mol. The molecule has 1 saturated heterocycles. The summed E-state index contributed by atoms with van der Waals surface area (Å²) in [5.74, 6) is 0.647. The fourth-order valence-electron chi connectivity index (χ4n) is 3.82. The summed E-state index contributed by atoms with van der Waals surface area (Å²) < 4.78 is 5.56. The Balaban J connectivity index is 0.000000355. The first-order valence-corrected chi connectivity index (χ1v) is 11.6. The third kappa shape index (κ3) is 7.99. The Morgan fingerprint density at radius 1 is 1.03 bits per heavy atom. The molecule has 0 spiro atoms. The molecule has 0 bridgehead atoms. The van der Waals surface area contributed by atoms with E-state index in [0.29, 0.717) is 5.57 Å². The van der Waals surface area contributed by atoms with Crippen molar-refractivity contribution in [3.8, 4) is 0 Å². The number of cyclic esters (lactones) is 1. The maximum atomic E-state index is 11.8. The van der Waals surface area contributed by atoms with Crippen LogP contribution in [0.4, 0.5) is 0 Å². The van der Waals surface area contributed by atoms with Gasteiger partial charge in [0.2, 0.25) is 0 Å². The van der Waals surface area contributed by atoms with Gasteiger partial charge in [0.25, 0.3) is 0 Å². The Kier molecular flexibility index (Phi) is 12.7. The summed E-state index contributed by atoms with van der Waals surface area (Å²) in [4.78, 5) is 23.0. The van der Waals surface area contributed by atoms with E-state index in [-0.39, 0.29) is 5.97 Å². The summed E-state index contributed by atoms with van der Waals surface area (Å²) in [5, 5.41) is 0. The zero-order valence-electron chi connectivity index (χ0n) is 20.4. The number of esters is 1. The number of benzene rings is 1. The molecule has 1 fully saturated rings. The van der Waals surface area contributed by atoms with Crippen molar-refractivity contribution >= 4 is 12.3 Å². The highest BCUT2D eigenvalue weighted by molar-refractivity contribution is 5.89. The maximum absolute atomic E-state index is 11.8. The summed E-state index contributed by atoms with van der Waals surface area (Å²) in [5.41, 5.74) is 5.85. The highest BCUT2D eigenvalue weighted by atomic mass is 16.5. The molecule has 0 aromatic heterocycles. The predicted octanol–water partition coefficient (Wildman–Crippen LogP) is 6.69. The van der Waals surface area contributed by atoms with E-state index in [2.05, 4.69) is 30.5 Å². The van der Waals surface area contributed by atoms with Crippen molar-refractivity contribution in [2.24, 2.45) is 0 Å². The molecule has 0 N–H and O–H groups in total. The minimum absolute atomic E-state index is 0.201. The first-order chi connectivity index (χ1) is 15.5. The number of hydrogen-bond acceptors (Lipinski definition) is 4. The topological polar surface area (TPSA) is 46.6 Å². The number of fused-ring (bicyclic) bond motifs is 1. The lowest BCUT2D eigenvalue weighted by Gasteiger charge is -2.39. The Hall–Kier alpha value is -2.88. The van der Waals surface area contributed by atoms with Crippen molar-refractivity contribution in [2.75, 3.05) is 13.1 Å². The molecule has 4 heteroatoms. The summed E-state index contributed by atoms with van der Waals surface area (Å²) in [6.07, 6.45) is 9.82. The lowest BCUT2D eigenvalue weighted by Crippen LogP contribution is -2.35. The molecule has 0 atom stereocenters. The van der Waals surface area contributed by atoms with Crippen LogP contribution in [0.25, 0.3) is 0 Å². The van der Waals surface area contributed by atoms with Gasteiger partial charge >= 0.3 is 5.97 Å². The number of aryl methyl sites for hydroxylation is 1. The Labute approximate surface area is 194 Å². The van der Waals surface area contributed by atoms with Gasteiger partial charge in [-0.15, -0.1) is 0 Å². The van der Waals surface area contributed by atoms with E-state index in [1.165, 1.54) is 35.8 Å². The largest absolute Gasteiger partial charge is 0.427 e. The van der Waals surface area contributed by atoms with E-state index in [0.717, 1.165) is 50.8 Å². The second-order valence-corrected chi connectivity index (χ2v) is 7.55. The zero-order chi connectivity index (χ0) is 23.9. The second kappa shape index (κ2) is 15.0. The maximum Gasteiger partial charge on any atom is 0.338 e. The molecule has 1 aromatic carbocycles. The first-order valence-electron chi connectivity index (χ1n) is 11.6. The molecule has 4 rings (SSSR count). The summed E-state index contributed by atoms with van der Waals surface area (Å²) in [7, 11) is 0. The van der Waals surface area contributed by atoms with Crippen LogP contribution in [-0.4, -0.2) is 30.2 Å². The van der Waals surface area contributed by atoms with Crippen LogP contribution < -0.4 is 0 Å². The number of carbonyl (C=O) groups excluding carboxylic acids is 2. The van der Waals surface area contributed by atoms with E-state index in [9.17, 15) is 4.79 Å². The molecule has 0 radical (unpaired) electrons. The van der Waals surface area contributed by atoms with E-state index in [4.69, 9.17) is 9.53 Å². The van der Waals surface area contributed by atoms with E-state index in [1.54, 1.807) is 0 Å². The van der Waals surface area contributed by atoms with Crippen LogP contribution >= 0.6 is 0 Å². The lowest BCUT2D eigenvalue weighted by molar-refractivity contribution is -0.135. The van der Waals surface area contributed by atoms with Gasteiger partial charge in [-0.25, -0.2) is 4.79 Å². The van der Waals surface area contributed by atoms with Crippen molar-refractivity contribution in [1.82, 2.24) is 4.90 Å². The van der Waals surface area contributed by atoms with Gasteiger partial charge in [-0.05, 0) is 52.0 Å². The van der Waals surface area contributed by atoms with Crippen molar-refractivity contribution in [2.45, 2.75) is 66.7 Å². The standard InChI is InChI=1S/C17H21NO2.C7H8.C2H4O.C2H6/c1-3-13-6-4-10-18-11-5-7-14(16(13)18)15-9-8-12(2)17(19)20-15;1-7-5-3-2-4-6-7;1-2-3;1-2/h3,8H,1,4-7,9-11H2,2H3;2-6H,1H3;2H,1H3;1-2H3/b15-14+;;;. The van der Waals surface area contributed by atoms with Gasteiger partial charge in [0, 0.05) is 36.4 Å². The van der Waals surface area contributed by atoms with E-state index >= 15 is 0 Å². The molecule has 1 aromatic rings. The van der Waals surface area contributed by atoms with Gasteiger partial charge in [-0.1, -0.05) is 68.5 Å². The second-order valence-electron chi connectivity index (χ2n) is 7.55. The first kappa shape index (κ1) is 27.2. The number of piperidine rings is 1. The molecule has 3 aliphatic heterocycles. The van der Waals surface area contributed by atoms with Crippen molar-refractivity contribution < 1.29 is 14.3 Å². The fourth-order valence-corrected chi connectivity index (χ4v) is 3.82. The van der Waals surface area contributed by atoms with Gasteiger partial charge in [0.15, 0.2) is 0 Å². The third-order valence-electron chi connectivity index (χ3n) is 5.29. The smallest absolute Gasteiger partial charge is 0.338 e. The van der Waals surface area contributed by atoms with Crippen LogP contribution in [0, 0.1) is 6.92 Å². The molecular weight excluding hydrogens is 398 g/mol. The van der Waals surface area contributed by atoms with Crippen LogP contribution in [0.1, 0.15) is 65.4 Å². The van der Waals surface area contributed by atoms with E-state index in [1.807, 2.05) is 51.1 Å². The molecule has 3 aliphatic rings. The highest BCUT2D eigenvalue weighted by Crippen LogP contribution is 2.38. The summed E-state index contributed by atoms with van der Waals surface area (Å²) >= 11 is 0. The van der Waals surface area contributed by atoms with Crippen LogP contribution in [0.15, 0.2) is 77.2 Å². The normalized spacial score (nSPS) is 19.3. The lowest BCUT2D eigenvalue weighted by atomic mass is 9.89. The number of rotatable bonds is 1. The minimum atomic E-state index is -0.201. The molecule has 0 saturated carbocycles. The average molecular weight is 438 g/mol. The number of allylic oxidation sites excluding steroid dienone is 4. The Bertz CT molecular complexity index is 847. The molecular formula is C28H39NO3. The number of ether oxygens (including phenoxy) is 1. The van der Waals surface area contributed by atoms with E-state index < -0.39 is 0 Å². The summed E-state index contributed by atoms with van der Waals surface area (Å²) in [6, 6.07) is 10.3. The SMILES string of the molecule is C=CC1=C2/C(=C3\CC=C(C)C(=O)O3)CCCN2CCC1.CC.CC=O.Cc1ccccc1. The van der Waals surface area contributed by atoms with Crippen LogP contribution in [-0.2, 0) is 14.3 Å².